The minimum absolute atomic E-state index is 0. The van der Waals surface area contributed by atoms with E-state index < -0.39 is 0 Å². The molecule has 0 bridgehead atoms. The highest BCUT2D eigenvalue weighted by Crippen LogP contribution is 2.22. The first-order valence-electron chi connectivity index (χ1n) is 10.3. The number of amides is 1. The van der Waals surface area contributed by atoms with Gasteiger partial charge < -0.3 is 16.0 Å². The van der Waals surface area contributed by atoms with Gasteiger partial charge in [0.25, 0.3) is 0 Å². The lowest BCUT2D eigenvalue weighted by Crippen LogP contribution is -2.42. The lowest BCUT2D eigenvalue weighted by Gasteiger charge is -2.22. The first-order chi connectivity index (χ1) is 13.7. The Hall–Kier alpha value is -1.79. The van der Waals surface area contributed by atoms with Gasteiger partial charge in [0, 0.05) is 45.0 Å². The third kappa shape index (κ3) is 8.52. The molecule has 2 aromatic rings. The van der Waals surface area contributed by atoms with Crippen LogP contribution in [0.4, 0.5) is 5.69 Å². The molecule has 5 nitrogen and oxygen atoms in total. The predicted octanol–water partition coefficient (Wildman–Crippen LogP) is 2.98. The maximum atomic E-state index is 12.4. The number of carbonyl (C=O) groups excluding carboxylic acids is 1. The largest absolute Gasteiger partial charge is 0.371 e. The Bertz CT molecular complexity index is 718. The fraction of sp³-hybridized carbons (Fsp3) is 0.435. The Labute approximate surface area is 192 Å². The lowest BCUT2D eigenvalue weighted by atomic mass is 10.1. The van der Waals surface area contributed by atoms with Crippen LogP contribution < -0.4 is 16.0 Å². The highest BCUT2D eigenvalue weighted by atomic mass is 35.5. The molecule has 1 aliphatic rings. The summed E-state index contributed by atoms with van der Waals surface area (Å²) in [6.07, 6.45) is 2.05. The van der Waals surface area contributed by atoms with Gasteiger partial charge >= 0.3 is 0 Å². The summed E-state index contributed by atoms with van der Waals surface area (Å²) < 4.78 is 0. The zero-order valence-corrected chi connectivity index (χ0v) is 19.0. The third-order valence-electron chi connectivity index (χ3n) is 5.37. The smallest absolute Gasteiger partial charge is 0.234 e. The van der Waals surface area contributed by atoms with E-state index >= 15 is 0 Å². The van der Waals surface area contributed by atoms with Crippen LogP contribution in [0.15, 0.2) is 60.7 Å². The van der Waals surface area contributed by atoms with Crippen LogP contribution in [0.3, 0.4) is 0 Å². The molecule has 0 saturated carbocycles. The first kappa shape index (κ1) is 26.2. The van der Waals surface area contributed by atoms with Crippen LogP contribution in [0, 0.1) is 5.92 Å². The summed E-state index contributed by atoms with van der Waals surface area (Å²) in [4.78, 5) is 17.0. The molecule has 7 heteroatoms. The quantitative estimate of drug-likeness (QED) is 0.581. The molecule has 1 saturated heterocycles. The number of benzene rings is 2. The molecular formula is C23H34Cl2N4O. The molecule has 2 aromatic carbocycles. The Morgan fingerprint density at radius 3 is 2.37 bits per heavy atom. The number of anilines is 1. The van der Waals surface area contributed by atoms with Crippen LogP contribution >= 0.6 is 24.8 Å². The van der Waals surface area contributed by atoms with Crippen molar-refractivity contribution in [2.24, 2.45) is 11.7 Å². The summed E-state index contributed by atoms with van der Waals surface area (Å²) in [5.74, 6) is 0.608. The van der Waals surface area contributed by atoms with Crippen LogP contribution in [0.1, 0.15) is 12.0 Å². The number of nitrogens with zero attached hydrogens (tertiary/aromatic N) is 2. The van der Waals surface area contributed by atoms with Crippen LogP contribution in [-0.4, -0.2) is 56.6 Å². The van der Waals surface area contributed by atoms with Gasteiger partial charge in [0.1, 0.15) is 0 Å². The Balaban J connectivity index is 0.00000225. The molecule has 1 aliphatic heterocycles. The normalized spacial score (nSPS) is 15.4. The van der Waals surface area contributed by atoms with E-state index in [2.05, 4.69) is 63.6 Å². The van der Waals surface area contributed by atoms with E-state index in [9.17, 15) is 4.79 Å². The summed E-state index contributed by atoms with van der Waals surface area (Å²) in [5, 5.41) is 3.14. The van der Waals surface area contributed by atoms with E-state index in [0.717, 1.165) is 45.6 Å². The van der Waals surface area contributed by atoms with E-state index in [0.29, 0.717) is 19.0 Å². The van der Waals surface area contributed by atoms with Gasteiger partial charge in [-0.3, -0.25) is 9.69 Å². The Morgan fingerprint density at radius 2 is 1.70 bits per heavy atom. The minimum Gasteiger partial charge on any atom is -0.371 e. The summed E-state index contributed by atoms with van der Waals surface area (Å²) in [7, 11) is 0. The molecule has 1 heterocycles. The van der Waals surface area contributed by atoms with Crippen molar-refractivity contribution >= 4 is 36.4 Å². The molecule has 0 radical (unpaired) electrons. The van der Waals surface area contributed by atoms with Gasteiger partial charge in [-0.25, -0.2) is 0 Å². The molecule has 1 atom stereocenters. The molecule has 1 fully saturated rings. The third-order valence-corrected chi connectivity index (χ3v) is 5.37. The van der Waals surface area contributed by atoms with Crippen LogP contribution in [0.25, 0.3) is 0 Å². The topological polar surface area (TPSA) is 61.6 Å². The molecular weight excluding hydrogens is 419 g/mol. The zero-order valence-electron chi connectivity index (χ0n) is 17.4. The number of nitrogens with two attached hydrogens (primary N) is 1. The van der Waals surface area contributed by atoms with Crippen molar-refractivity contribution in [2.45, 2.75) is 12.8 Å². The van der Waals surface area contributed by atoms with Crippen molar-refractivity contribution in [3.63, 3.8) is 0 Å². The number of hydrogen-bond donors (Lipinski definition) is 2. The number of carbonyl (C=O) groups is 1. The Morgan fingerprint density at radius 1 is 1.03 bits per heavy atom. The van der Waals surface area contributed by atoms with Crippen molar-refractivity contribution in [1.29, 1.82) is 0 Å². The molecule has 0 spiro atoms. The standard InChI is InChI=1S/C23H32N4O.2ClH/c24-13-16-26(14-11-20-7-3-1-4-8-20)19-23(28)25-17-21-12-15-27(18-21)22-9-5-2-6-10-22;;/h1-10,21H,11-19,24H2,(H,25,28);2*1H. The van der Waals surface area contributed by atoms with Gasteiger partial charge in [-0.15, -0.1) is 24.8 Å². The Kier molecular flexibility index (Phi) is 12.5. The maximum absolute atomic E-state index is 12.4. The molecule has 30 heavy (non-hydrogen) atoms. The van der Waals surface area contributed by atoms with Crippen LogP contribution in [0.2, 0.25) is 0 Å². The summed E-state index contributed by atoms with van der Waals surface area (Å²) in [6.45, 7) is 5.38. The van der Waals surface area contributed by atoms with E-state index in [1.807, 2.05) is 12.1 Å². The van der Waals surface area contributed by atoms with Crippen molar-refractivity contribution < 1.29 is 4.79 Å². The second kappa shape index (κ2) is 14.3. The first-order valence-corrected chi connectivity index (χ1v) is 10.3. The van der Waals surface area contributed by atoms with Crippen molar-refractivity contribution in [3.05, 3.63) is 66.2 Å². The summed E-state index contributed by atoms with van der Waals surface area (Å²) in [6, 6.07) is 20.9. The predicted molar refractivity (Wildman–Crippen MR) is 130 cm³/mol. The number of nitrogens with one attached hydrogen (secondary N) is 1. The monoisotopic (exact) mass is 452 g/mol. The van der Waals surface area contributed by atoms with Gasteiger partial charge in [0.2, 0.25) is 5.91 Å². The van der Waals surface area contributed by atoms with Crippen LogP contribution in [-0.2, 0) is 11.2 Å². The van der Waals surface area contributed by atoms with Gasteiger partial charge in [0.05, 0.1) is 6.54 Å². The molecule has 1 unspecified atom stereocenters. The minimum atomic E-state index is 0. The molecule has 0 aromatic heterocycles. The van der Waals surface area contributed by atoms with E-state index in [4.69, 9.17) is 5.73 Å². The second-order valence-corrected chi connectivity index (χ2v) is 7.54. The highest BCUT2D eigenvalue weighted by Gasteiger charge is 2.23. The lowest BCUT2D eigenvalue weighted by molar-refractivity contribution is -0.122. The highest BCUT2D eigenvalue weighted by molar-refractivity contribution is 5.85. The molecule has 1 amide bonds. The van der Waals surface area contributed by atoms with E-state index in [-0.39, 0.29) is 30.7 Å². The zero-order chi connectivity index (χ0) is 19.6. The number of halogens is 2. The van der Waals surface area contributed by atoms with Gasteiger partial charge in [-0.2, -0.15) is 0 Å². The molecule has 3 rings (SSSR count). The van der Waals surface area contributed by atoms with Crippen molar-refractivity contribution in [1.82, 2.24) is 10.2 Å². The van der Waals surface area contributed by atoms with Gasteiger partial charge in [-0.1, -0.05) is 48.5 Å². The number of para-hydroxylation sites is 1. The van der Waals surface area contributed by atoms with Gasteiger partial charge in [0.15, 0.2) is 0 Å². The summed E-state index contributed by atoms with van der Waals surface area (Å²) >= 11 is 0. The molecule has 3 N–H and O–H groups in total. The number of hydrogen-bond acceptors (Lipinski definition) is 4. The molecule has 166 valence electrons. The average molecular weight is 453 g/mol. The maximum Gasteiger partial charge on any atom is 0.234 e. The second-order valence-electron chi connectivity index (χ2n) is 7.54. The van der Waals surface area contributed by atoms with E-state index in [1.54, 1.807) is 0 Å². The van der Waals surface area contributed by atoms with Crippen molar-refractivity contribution in [2.75, 3.05) is 50.7 Å². The van der Waals surface area contributed by atoms with Crippen LogP contribution in [0.5, 0.6) is 0 Å². The fourth-order valence-corrected chi connectivity index (χ4v) is 3.77. The SMILES string of the molecule is Cl.Cl.NCCN(CCc1ccccc1)CC(=O)NCC1CCN(c2ccccc2)C1. The summed E-state index contributed by atoms with van der Waals surface area (Å²) in [5.41, 5.74) is 8.30. The number of rotatable bonds is 10. The average Bonchev–Trinajstić information content (AvgIpc) is 3.21. The van der Waals surface area contributed by atoms with Gasteiger partial charge in [-0.05, 0) is 36.5 Å². The molecule has 0 aliphatic carbocycles. The fourth-order valence-electron chi connectivity index (χ4n) is 3.77. The van der Waals surface area contributed by atoms with E-state index in [1.165, 1.54) is 11.3 Å². The van der Waals surface area contributed by atoms with Crippen molar-refractivity contribution in [3.8, 4) is 0 Å².